The Morgan fingerprint density at radius 3 is 2.36 bits per heavy atom. The summed E-state index contributed by atoms with van der Waals surface area (Å²) in [4.78, 5) is 11.2. The second kappa shape index (κ2) is 3.82. The lowest BCUT2D eigenvalue weighted by molar-refractivity contribution is 0.101. The van der Waals surface area contributed by atoms with Crippen LogP contribution in [0.5, 0.6) is 5.75 Å². The van der Waals surface area contributed by atoms with Crippen LogP contribution in [-0.4, -0.2) is 10.9 Å². The van der Waals surface area contributed by atoms with Gasteiger partial charge >= 0.3 is 0 Å². The average molecular weight is 192 g/mol. The first kappa shape index (κ1) is 10.8. The fourth-order valence-electron chi connectivity index (χ4n) is 1.61. The fraction of sp³-hybridized carbons (Fsp3) is 0.417. The van der Waals surface area contributed by atoms with Crippen LogP contribution in [0.2, 0.25) is 0 Å². The minimum absolute atomic E-state index is 0.0828. The molecule has 2 heteroatoms. The van der Waals surface area contributed by atoms with Gasteiger partial charge < -0.3 is 5.11 Å². The molecular formula is C12H16O2. The number of carbonyl (C=O) groups is 1. The van der Waals surface area contributed by atoms with Gasteiger partial charge in [-0.2, -0.15) is 0 Å². The van der Waals surface area contributed by atoms with Crippen LogP contribution in [0.3, 0.4) is 0 Å². The van der Waals surface area contributed by atoms with Gasteiger partial charge in [0.1, 0.15) is 5.75 Å². The molecule has 0 bridgehead atoms. The van der Waals surface area contributed by atoms with E-state index in [-0.39, 0.29) is 11.5 Å². The first-order chi connectivity index (χ1) is 6.43. The van der Waals surface area contributed by atoms with Crippen LogP contribution in [0.4, 0.5) is 0 Å². The SMILES string of the molecule is CC(=O)c1cc(C(C)C)c(C)cc1O. The maximum atomic E-state index is 11.2. The molecule has 0 saturated heterocycles. The maximum Gasteiger partial charge on any atom is 0.163 e. The molecular weight excluding hydrogens is 176 g/mol. The number of aromatic hydroxyl groups is 1. The number of ketones is 1. The predicted molar refractivity (Wildman–Crippen MR) is 56.9 cm³/mol. The van der Waals surface area contributed by atoms with Gasteiger partial charge in [-0.3, -0.25) is 4.79 Å². The highest BCUT2D eigenvalue weighted by Crippen LogP contribution is 2.27. The summed E-state index contributed by atoms with van der Waals surface area (Å²) in [7, 11) is 0. The quantitative estimate of drug-likeness (QED) is 0.731. The highest BCUT2D eigenvalue weighted by Gasteiger charge is 2.11. The molecule has 0 heterocycles. The van der Waals surface area contributed by atoms with Gasteiger partial charge in [0.05, 0.1) is 5.56 Å². The van der Waals surface area contributed by atoms with Crippen LogP contribution >= 0.6 is 0 Å². The number of hydrogen-bond acceptors (Lipinski definition) is 2. The Bertz CT molecular complexity index is 365. The van der Waals surface area contributed by atoms with Crippen molar-refractivity contribution in [1.82, 2.24) is 0 Å². The van der Waals surface area contributed by atoms with E-state index in [2.05, 4.69) is 13.8 Å². The first-order valence-corrected chi connectivity index (χ1v) is 4.78. The van der Waals surface area contributed by atoms with E-state index in [1.165, 1.54) is 6.92 Å². The molecule has 1 rings (SSSR count). The Hall–Kier alpha value is -1.31. The van der Waals surface area contributed by atoms with E-state index < -0.39 is 0 Å². The first-order valence-electron chi connectivity index (χ1n) is 4.78. The summed E-state index contributed by atoms with van der Waals surface area (Å²) in [5, 5.41) is 9.55. The summed E-state index contributed by atoms with van der Waals surface area (Å²) in [6, 6.07) is 3.45. The number of hydrogen-bond donors (Lipinski definition) is 1. The molecule has 0 fully saturated rings. The summed E-state index contributed by atoms with van der Waals surface area (Å²) in [5.41, 5.74) is 2.56. The third-order valence-corrected chi connectivity index (χ3v) is 2.39. The zero-order valence-electron chi connectivity index (χ0n) is 9.09. The van der Waals surface area contributed by atoms with E-state index in [0.717, 1.165) is 11.1 Å². The highest BCUT2D eigenvalue weighted by atomic mass is 16.3. The molecule has 1 N–H and O–H groups in total. The molecule has 0 aliphatic rings. The predicted octanol–water partition coefficient (Wildman–Crippen LogP) is 3.03. The Labute approximate surface area is 84.6 Å². The molecule has 0 aliphatic carbocycles. The lowest BCUT2D eigenvalue weighted by Gasteiger charge is -2.12. The van der Waals surface area contributed by atoms with Crippen LogP contribution in [0.25, 0.3) is 0 Å². The molecule has 0 aromatic heterocycles. The zero-order valence-corrected chi connectivity index (χ0v) is 9.09. The van der Waals surface area contributed by atoms with E-state index >= 15 is 0 Å². The minimum Gasteiger partial charge on any atom is -0.507 e. The lowest BCUT2D eigenvalue weighted by atomic mass is 9.94. The van der Waals surface area contributed by atoms with Crippen LogP contribution < -0.4 is 0 Å². The third-order valence-electron chi connectivity index (χ3n) is 2.39. The molecule has 0 aliphatic heterocycles. The zero-order chi connectivity index (χ0) is 10.9. The number of benzene rings is 1. The van der Waals surface area contributed by atoms with Crippen molar-refractivity contribution in [2.75, 3.05) is 0 Å². The molecule has 14 heavy (non-hydrogen) atoms. The molecule has 0 atom stereocenters. The van der Waals surface area contributed by atoms with Gasteiger partial charge in [0.25, 0.3) is 0 Å². The van der Waals surface area contributed by atoms with E-state index in [1.807, 2.05) is 6.92 Å². The van der Waals surface area contributed by atoms with Crippen LogP contribution in [-0.2, 0) is 0 Å². The number of aryl methyl sites for hydroxylation is 1. The molecule has 0 spiro atoms. The molecule has 76 valence electrons. The van der Waals surface area contributed by atoms with Crippen molar-refractivity contribution in [2.24, 2.45) is 0 Å². The highest BCUT2D eigenvalue weighted by molar-refractivity contribution is 5.97. The van der Waals surface area contributed by atoms with Gasteiger partial charge in [0, 0.05) is 0 Å². The Morgan fingerprint density at radius 2 is 1.93 bits per heavy atom. The Morgan fingerprint density at radius 1 is 1.36 bits per heavy atom. The standard InChI is InChI=1S/C12H16O2/c1-7(2)10-6-11(9(4)13)12(14)5-8(10)3/h5-7,14H,1-4H3. The topological polar surface area (TPSA) is 37.3 Å². The summed E-state index contributed by atoms with van der Waals surface area (Å²) in [6.45, 7) is 7.56. The van der Waals surface area contributed by atoms with Crippen molar-refractivity contribution >= 4 is 5.78 Å². The summed E-state index contributed by atoms with van der Waals surface area (Å²) in [6.07, 6.45) is 0. The average Bonchev–Trinajstić information content (AvgIpc) is 2.02. The fourth-order valence-corrected chi connectivity index (χ4v) is 1.61. The molecule has 2 nitrogen and oxygen atoms in total. The van der Waals surface area contributed by atoms with E-state index in [0.29, 0.717) is 11.5 Å². The number of phenolic OH excluding ortho intramolecular Hbond substituents is 1. The van der Waals surface area contributed by atoms with Crippen molar-refractivity contribution in [3.05, 3.63) is 28.8 Å². The molecule has 1 aromatic carbocycles. The van der Waals surface area contributed by atoms with Crippen LogP contribution in [0.1, 0.15) is 48.2 Å². The lowest BCUT2D eigenvalue weighted by Crippen LogP contribution is -1.99. The van der Waals surface area contributed by atoms with Gasteiger partial charge in [-0.25, -0.2) is 0 Å². The molecule has 1 aromatic rings. The smallest absolute Gasteiger partial charge is 0.163 e. The second-order valence-corrected chi connectivity index (χ2v) is 3.94. The van der Waals surface area contributed by atoms with Crippen molar-refractivity contribution in [2.45, 2.75) is 33.6 Å². The van der Waals surface area contributed by atoms with Crippen molar-refractivity contribution in [3.63, 3.8) is 0 Å². The minimum atomic E-state index is -0.0931. The van der Waals surface area contributed by atoms with Gasteiger partial charge in [-0.05, 0) is 43.0 Å². The van der Waals surface area contributed by atoms with Crippen molar-refractivity contribution < 1.29 is 9.90 Å². The van der Waals surface area contributed by atoms with Crippen LogP contribution in [0, 0.1) is 6.92 Å². The monoisotopic (exact) mass is 192 g/mol. The van der Waals surface area contributed by atoms with Crippen molar-refractivity contribution in [1.29, 1.82) is 0 Å². The summed E-state index contributed by atoms with van der Waals surface area (Å²) >= 11 is 0. The van der Waals surface area contributed by atoms with E-state index in [1.54, 1.807) is 12.1 Å². The molecule has 0 amide bonds. The van der Waals surface area contributed by atoms with E-state index in [9.17, 15) is 9.90 Å². The Balaban J connectivity index is 3.34. The molecule has 0 unspecified atom stereocenters. The van der Waals surface area contributed by atoms with Gasteiger partial charge in [-0.1, -0.05) is 13.8 Å². The number of rotatable bonds is 2. The summed E-state index contributed by atoms with van der Waals surface area (Å²) < 4.78 is 0. The van der Waals surface area contributed by atoms with Crippen LogP contribution in [0.15, 0.2) is 12.1 Å². The Kier molecular flexibility index (Phi) is 2.94. The number of phenols is 1. The molecule has 0 saturated carbocycles. The van der Waals surface area contributed by atoms with Gasteiger partial charge in [0.15, 0.2) is 5.78 Å². The number of carbonyl (C=O) groups excluding carboxylic acids is 1. The summed E-state index contributed by atoms with van der Waals surface area (Å²) in [5.74, 6) is 0.359. The van der Waals surface area contributed by atoms with Gasteiger partial charge in [-0.15, -0.1) is 0 Å². The normalized spacial score (nSPS) is 10.6. The second-order valence-electron chi connectivity index (χ2n) is 3.94. The maximum absolute atomic E-state index is 11.2. The van der Waals surface area contributed by atoms with E-state index in [4.69, 9.17) is 0 Å². The van der Waals surface area contributed by atoms with Gasteiger partial charge in [0.2, 0.25) is 0 Å². The molecule has 0 radical (unpaired) electrons. The number of Topliss-reactive ketones (excluding diaryl/α,β-unsaturated/α-hetero) is 1. The third kappa shape index (κ3) is 1.95. The largest absolute Gasteiger partial charge is 0.507 e. The van der Waals surface area contributed by atoms with Crippen molar-refractivity contribution in [3.8, 4) is 5.75 Å².